The molecule has 0 amide bonds. The quantitative estimate of drug-likeness (QED) is 0.888. The van der Waals surface area contributed by atoms with Gasteiger partial charge in [0.1, 0.15) is 28.9 Å². The molecule has 2 aromatic rings. The van der Waals surface area contributed by atoms with Crippen LogP contribution in [0.2, 0.25) is 5.02 Å². The molecule has 1 aliphatic rings. The van der Waals surface area contributed by atoms with Gasteiger partial charge in [0, 0.05) is 17.2 Å². The second-order valence-corrected chi connectivity index (χ2v) is 5.64. The minimum absolute atomic E-state index is 0.00280. The molecule has 6 heteroatoms. The number of nitrogens with two attached hydrogens (primary N) is 1. The van der Waals surface area contributed by atoms with Crippen LogP contribution in [0.3, 0.4) is 0 Å². The van der Waals surface area contributed by atoms with Gasteiger partial charge in [0.2, 0.25) is 5.88 Å². The molecule has 24 heavy (non-hydrogen) atoms. The third-order valence-corrected chi connectivity index (χ3v) is 4.12. The summed E-state index contributed by atoms with van der Waals surface area (Å²) < 4.78 is 11.2. The number of nitriles is 1. The van der Waals surface area contributed by atoms with E-state index in [0.29, 0.717) is 23.7 Å². The van der Waals surface area contributed by atoms with Crippen LogP contribution in [0.15, 0.2) is 47.9 Å². The summed E-state index contributed by atoms with van der Waals surface area (Å²) in [7, 11) is 0. The summed E-state index contributed by atoms with van der Waals surface area (Å²) in [6, 6.07) is 12.5. The first-order valence-corrected chi connectivity index (χ1v) is 7.76. The highest BCUT2D eigenvalue weighted by atomic mass is 35.5. The number of allylic oxidation sites excluding steroid dienone is 1. The number of phenolic OH excluding ortho intramolecular Hbond substituents is 1. The van der Waals surface area contributed by atoms with Crippen molar-refractivity contribution in [3.05, 3.63) is 64.0 Å². The van der Waals surface area contributed by atoms with Crippen molar-refractivity contribution in [3.63, 3.8) is 0 Å². The lowest BCUT2D eigenvalue weighted by Crippen LogP contribution is -2.21. The van der Waals surface area contributed by atoms with Gasteiger partial charge in [-0.25, -0.2) is 0 Å². The van der Waals surface area contributed by atoms with Crippen LogP contribution in [0.5, 0.6) is 17.2 Å². The lowest BCUT2D eigenvalue weighted by atomic mass is 9.83. The van der Waals surface area contributed by atoms with E-state index in [1.165, 1.54) is 6.07 Å². The normalized spacial score (nSPS) is 16.1. The van der Waals surface area contributed by atoms with E-state index in [-0.39, 0.29) is 22.2 Å². The number of fused-ring (bicyclic) bond motifs is 1. The maximum atomic E-state index is 9.82. The van der Waals surface area contributed by atoms with Crippen LogP contribution < -0.4 is 15.2 Å². The Morgan fingerprint density at radius 3 is 2.79 bits per heavy atom. The molecule has 3 rings (SSSR count). The number of hydrogen-bond acceptors (Lipinski definition) is 5. The molecule has 0 aliphatic carbocycles. The predicted octanol–water partition coefficient (Wildman–Crippen LogP) is 3.66. The molecule has 5 nitrogen and oxygen atoms in total. The number of halogens is 1. The van der Waals surface area contributed by atoms with Crippen LogP contribution in [0, 0.1) is 11.3 Å². The van der Waals surface area contributed by atoms with Crippen molar-refractivity contribution < 1.29 is 14.6 Å². The Balaban J connectivity index is 2.26. The number of hydrogen-bond donors (Lipinski definition) is 2. The summed E-state index contributed by atoms with van der Waals surface area (Å²) in [4.78, 5) is 0. The monoisotopic (exact) mass is 342 g/mol. The lowest BCUT2D eigenvalue weighted by molar-refractivity contribution is 0.334. The summed E-state index contributed by atoms with van der Waals surface area (Å²) in [6.07, 6.45) is 0. The van der Waals surface area contributed by atoms with Gasteiger partial charge in [0.25, 0.3) is 0 Å². The van der Waals surface area contributed by atoms with E-state index in [9.17, 15) is 10.4 Å². The van der Waals surface area contributed by atoms with Gasteiger partial charge in [0.05, 0.1) is 17.5 Å². The summed E-state index contributed by atoms with van der Waals surface area (Å²) in [5.41, 5.74) is 7.63. The van der Waals surface area contributed by atoms with Crippen molar-refractivity contribution >= 4 is 11.6 Å². The van der Waals surface area contributed by atoms with E-state index in [1.54, 1.807) is 6.07 Å². The Bertz CT molecular complexity index is 871. The van der Waals surface area contributed by atoms with Gasteiger partial charge in [-0.05, 0) is 19.1 Å². The summed E-state index contributed by atoms with van der Waals surface area (Å²) in [5, 5.41) is 19.6. The first kappa shape index (κ1) is 16.0. The first-order chi connectivity index (χ1) is 11.6. The van der Waals surface area contributed by atoms with Crippen LogP contribution in [-0.4, -0.2) is 11.7 Å². The van der Waals surface area contributed by atoms with Crippen molar-refractivity contribution in [3.8, 4) is 23.3 Å². The molecular formula is C18H15ClN2O3. The van der Waals surface area contributed by atoms with Crippen molar-refractivity contribution in [2.45, 2.75) is 12.8 Å². The third-order valence-electron chi connectivity index (χ3n) is 3.81. The Labute approximate surface area is 144 Å². The zero-order valence-corrected chi connectivity index (χ0v) is 13.7. The van der Waals surface area contributed by atoms with Gasteiger partial charge in [-0.1, -0.05) is 29.8 Å². The van der Waals surface area contributed by atoms with E-state index in [0.717, 1.165) is 5.56 Å². The standard InChI is InChI=1S/C18H15ClN2O3/c1-2-23-15-6-4-3-5-10(15)17-11-7-13(19)14(22)8-16(11)24-18(21)12(17)9-20/h3-8,17,22H,2,21H2,1H3. The first-order valence-electron chi connectivity index (χ1n) is 7.38. The minimum atomic E-state index is -0.486. The second kappa shape index (κ2) is 6.34. The fraction of sp³-hybridized carbons (Fsp3) is 0.167. The van der Waals surface area contributed by atoms with Gasteiger partial charge in [0.15, 0.2) is 0 Å². The summed E-state index contributed by atoms with van der Waals surface area (Å²) >= 11 is 6.06. The molecule has 0 saturated heterocycles. The van der Waals surface area contributed by atoms with Crippen LogP contribution in [0.1, 0.15) is 24.0 Å². The molecular weight excluding hydrogens is 328 g/mol. The van der Waals surface area contributed by atoms with Gasteiger partial charge in [-0.15, -0.1) is 0 Å². The van der Waals surface area contributed by atoms with Crippen molar-refractivity contribution in [1.82, 2.24) is 0 Å². The molecule has 0 radical (unpaired) electrons. The van der Waals surface area contributed by atoms with E-state index in [2.05, 4.69) is 6.07 Å². The molecule has 1 heterocycles. The zero-order chi connectivity index (χ0) is 17.3. The zero-order valence-electron chi connectivity index (χ0n) is 12.9. The fourth-order valence-corrected chi connectivity index (χ4v) is 2.96. The van der Waals surface area contributed by atoms with Crippen LogP contribution >= 0.6 is 11.6 Å². The number of para-hydroxylation sites is 1. The smallest absolute Gasteiger partial charge is 0.205 e. The summed E-state index contributed by atoms with van der Waals surface area (Å²) in [5.74, 6) is 0.426. The molecule has 0 saturated carbocycles. The highest BCUT2D eigenvalue weighted by Crippen LogP contribution is 2.47. The average Bonchev–Trinajstić information content (AvgIpc) is 2.56. The third kappa shape index (κ3) is 2.61. The molecule has 0 fully saturated rings. The van der Waals surface area contributed by atoms with Gasteiger partial charge < -0.3 is 20.3 Å². The molecule has 2 aromatic carbocycles. The molecule has 0 spiro atoms. The Morgan fingerprint density at radius 2 is 2.08 bits per heavy atom. The van der Waals surface area contributed by atoms with Gasteiger partial charge in [-0.2, -0.15) is 5.26 Å². The Morgan fingerprint density at radius 1 is 1.33 bits per heavy atom. The van der Waals surface area contributed by atoms with Crippen molar-refractivity contribution in [1.29, 1.82) is 5.26 Å². The fourth-order valence-electron chi connectivity index (χ4n) is 2.79. The lowest BCUT2D eigenvalue weighted by Gasteiger charge is -2.28. The van der Waals surface area contributed by atoms with E-state index in [1.807, 2.05) is 31.2 Å². The number of benzene rings is 2. The molecule has 1 unspecified atom stereocenters. The van der Waals surface area contributed by atoms with Gasteiger partial charge >= 0.3 is 0 Å². The van der Waals surface area contributed by atoms with Crippen molar-refractivity contribution in [2.24, 2.45) is 5.73 Å². The number of phenols is 1. The maximum absolute atomic E-state index is 9.82. The summed E-state index contributed by atoms with van der Waals surface area (Å²) in [6.45, 7) is 2.38. The van der Waals surface area contributed by atoms with E-state index < -0.39 is 5.92 Å². The highest BCUT2D eigenvalue weighted by Gasteiger charge is 2.33. The number of rotatable bonds is 3. The van der Waals surface area contributed by atoms with E-state index in [4.69, 9.17) is 26.8 Å². The maximum Gasteiger partial charge on any atom is 0.205 e. The van der Waals surface area contributed by atoms with Crippen molar-refractivity contribution in [2.75, 3.05) is 6.61 Å². The Kier molecular flexibility index (Phi) is 4.24. The molecule has 3 N–H and O–H groups in total. The highest BCUT2D eigenvalue weighted by molar-refractivity contribution is 6.32. The molecule has 0 bridgehead atoms. The topological polar surface area (TPSA) is 88.5 Å². The van der Waals surface area contributed by atoms with Crippen LogP contribution in [0.4, 0.5) is 0 Å². The predicted molar refractivity (Wildman–Crippen MR) is 90.0 cm³/mol. The molecule has 1 aliphatic heterocycles. The van der Waals surface area contributed by atoms with Crippen LogP contribution in [-0.2, 0) is 0 Å². The second-order valence-electron chi connectivity index (χ2n) is 5.24. The van der Waals surface area contributed by atoms with Crippen LogP contribution in [0.25, 0.3) is 0 Å². The average molecular weight is 343 g/mol. The number of aromatic hydroxyl groups is 1. The molecule has 1 atom stereocenters. The van der Waals surface area contributed by atoms with Gasteiger partial charge in [-0.3, -0.25) is 0 Å². The largest absolute Gasteiger partial charge is 0.506 e. The number of nitrogens with zero attached hydrogens (tertiary/aromatic N) is 1. The number of ether oxygens (including phenoxy) is 2. The molecule has 0 aromatic heterocycles. The molecule has 122 valence electrons. The Hall–Kier alpha value is -2.84. The SMILES string of the molecule is CCOc1ccccc1C1C(C#N)=C(N)Oc2cc(O)c(Cl)cc21. The minimum Gasteiger partial charge on any atom is -0.506 e. The van der Waals surface area contributed by atoms with E-state index >= 15 is 0 Å².